The summed E-state index contributed by atoms with van der Waals surface area (Å²) in [5, 5.41) is 6.29. The minimum Gasteiger partial charge on any atom is -0.374 e. The van der Waals surface area contributed by atoms with Gasteiger partial charge >= 0.3 is 0 Å². The highest BCUT2D eigenvalue weighted by atomic mass is 35.5. The standard InChI is InChI=1S/C17H26N2O2.ClH/c1-13(2)21-12-15-3-6-16(7-4-15)19-17(20)8-5-14-9-10-18-11-14;/h3-4,6-7,13-14,18H,5,8-12H2,1-2H3,(H,19,20);1H. The van der Waals surface area contributed by atoms with Crippen LogP contribution in [0.2, 0.25) is 0 Å². The molecule has 0 aliphatic carbocycles. The lowest BCUT2D eigenvalue weighted by molar-refractivity contribution is -0.116. The summed E-state index contributed by atoms with van der Waals surface area (Å²) < 4.78 is 5.55. The molecule has 2 rings (SSSR count). The Kier molecular flexibility index (Phi) is 8.46. The molecule has 1 aromatic carbocycles. The number of halogens is 1. The van der Waals surface area contributed by atoms with Gasteiger partial charge in [-0.2, -0.15) is 0 Å². The molecule has 1 fully saturated rings. The van der Waals surface area contributed by atoms with E-state index in [-0.39, 0.29) is 24.4 Å². The molecule has 0 bridgehead atoms. The van der Waals surface area contributed by atoms with Gasteiger partial charge in [-0.3, -0.25) is 4.79 Å². The minimum absolute atomic E-state index is 0. The predicted molar refractivity (Wildman–Crippen MR) is 92.5 cm³/mol. The van der Waals surface area contributed by atoms with Crippen molar-refractivity contribution in [3.63, 3.8) is 0 Å². The highest BCUT2D eigenvalue weighted by molar-refractivity contribution is 5.90. The van der Waals surface area contributed by atoms with E-state index in [0.717, 1.165) is 30.8 Å². The summed E-state index contributed by atoms with van der Waals surface area (Å²) in [7, 11) is 0. The molecule has 1 unspecified atom stereocenters. The molecule has 1 atom stereocenters. The predicted octanol–water partition coefficient (Wildman–Crippen LogP) is 3.36. The average molecular weight is 327 g/mol. The molecular formula is C17H27ClN2O2. The zero-order chi connectivity index (χ0) is 15.1. The Hall–Kier alpha value is -1.10. The Morgan fingerprint density at radius 2 is 2.09 bits per heavy atom. The third-order valence-corrected chi connectivity index (χ3v) is 3.76. The molecule has 22 heavy (non-hydrogen) atoms. The van der Waals surface area contributed by atoms with Crippen molar-refractivity contribution >= 4 is 24.0 Å². The summed E-state index contributed by atoms with van der Waals surface area (Å²) in [6, 6.07) is 7.87. The largest absolute Gasteiger partial charge is 0.374 e. The summed E-state index contributed by atoms with van der Waals surface area (Å²) >= 11 is 0. The van der Waals surface area contributed by atoms with Gasteiger partial charge in [0.05, 0.1) is 12.7 Å². The van der Waals surface area contributed by atoms with Crippen LogP contribution in [0.4, 0.5) is 5.69 Å². The van der Waals surface area contributed by atoms with E-state index in [0.29, 0.717) is 18.9 Å². The minimum atomic E-state index is 0. The summed E-state index contributed by atoms with van der Waals surface area (Å²) in [5.74, 6) is 0.763. The zero-order valence-corrected chi connectivity index (χ0v) is 14.2. The Labute approximate surface area is 139 Å². The van der Waals surface area contributed by atoms with Gasteiger partial charge in [0.25, 0.3) is 0 Å². The second-order valence-corrected chi connectivity index (χ2v) is 6.00. The fraction of sp³-hybridized carbons (Fsp3) is 0.588. The molecule has 1 aliphatic heterocycles. The lowest BCUT2D eigenvalue weighted by Gasteiger charge is -2.10. The van der Waals surface area contributed by atoms with Gasteiger partial charge in [-0.25, -0.2) is 0 Å². The van der Waals surface area contributed by atoms with E-state index in [2.05, 4.69) is 10.6 Å². The van der Waals surface area contributed by atoms with Crippen LogP contribution in [0.25, 0.3) is 0 Å². The van der Waals surface area contributed by atoms with Crippen molar-refractivity contribution in [3.8, 4) is 0 Å². The highest BCUT2D eigenvalue weighted by Gasteiger charge is 2.15. The summed E-state index contributed by atoms with van der Waals surface area (Å²) in [6.45, 7) is 6.80. The maximum atomic E-state index is 11.9. The zero-order valence-electron chi connectivity index (χ0n) is 13.4. The number of rotatable bonds is 7. The first kappa shape index (κ1) is 18.9. The van der Waals surface area contributed by atoms with E-state index in [1.54, 1.807) is 0 Å². The number of ether oxygens (including phenoxy) is 1. The Morgan fingerprint density at radius 3 is 2.68 bits per heavy atom. The molecule has 2 N–H and O–H groups in total. The van der Waals surface area contributed by atoms with E-state index >= 15 is 0 Å². The van der Waals surface area contributed by atoms with Gasteiger partial charge in [-0.05, 0) is 63.4 Å². The summed E-state index contributed by atoms with van der Waals surface area (Å²) in [6.07, 6.45) is 3.00. The van der Waals surface area contributed by atoms with Crippen molar-refractivity contribution in [2.75, 3.05) is 18.4 Å². The SMILES string of the molecule is CC(C)OCc1ccc(NC(=O)CCC2CCNC2)cc1.Cl. The fourth-order valence-corrected chi connectivity index (χ4v) is 2.47. The van der Waals surface area contributed by atoms with Crippen LogP contribution in [0.1, 0.15) is 38.7 Å². The molecule has 1 aromatic rings. The first-order valence-corrected chi connectivity index (χ1v) is 7.84. The van der Waals surface area contributed by atoms with Crippen molar-refractivity contribution in [1.82, 2.24) is 5.32 Å². The molecule has 1 heterocycles. The summed E-state index contributed by atoms with van der Waals surface area (Å²) in [4.78, 5) is 11.9. The number of carbonyl (C=O) groups excluding carboxylic acids is 1. The van der Waals surface area contributed by atoms with Crippen molar-refractivity contribution in [2.24, 2.45) is 5.92 Å². The van der Waals surface area contributed by atoms with Crippen LogP contribution in [0.15, 0.2) is 24.3 Å². The van der Waals surface area contributed by atoms with Crippen LogP contribution in [0.5, 0.6) is 0 Å². The molecule has 0 aromatic heterocycles. The van der Waals surface area contributed by atoms with Gasteiger partial charge in [0, 0.05) is 12.1 Å². The van der Waals surface area contributed by atoms with Crippen LogP contribution in [-0.2, 0) is 16.1 Å². The number of carbonyl (C=O) groups is 1. The van der Waals surface area contributed by atoms with Gasteiger partial charge < -0.3 is 15.4 Å². The first-order chi connectivity index (χ1) is 10.1. The molecule has 1 aliphatic rings. The number of hydrogen-bond acceptors (Lipinski definition) is 3. The third kappa shape index (κ3) is 6.77. The third-order valence-electron chi connectivity index (χ3n) is 3.76. The van der Waals surface area contributed by atoms with Gasteiger partial charge in [0.2, 0.25) is 5.91 Å². The Balaban J connectivity index is 0.00000242. The molecule has 0 saturated carbocycles. The van der Waals surface area contributed by atoms with Gasteiger partial charge in [0.15, 0.2) is 0 Å². The Morgan fingerprint density at radius 1 is 1.36 bits per heavy atom. The molecule has 124 valence electrons. The lowest BCUT2D eigenvalue weighted by atomic mass is 10.0. The van der Waals surface area contributed by atoms with Gasteiger partial charge in [0.1, 0.15) is 0 Å². The quantitative estimate of drug-likeness (QED) is 0.807. The first-order valence-electron chi connectivity index (χ1n) is 7.84. The van der Waals surface area contributed by atoms with Crippen LogP contribution in [-0.4, -0.2) is 25.1 Å². The van der Waals surface area contributed by atoms with Crippen LogP contribution < -0.4 is 10.6 Å². The van der Waals surface area contributed by atoms with E-state index in [1.807, 2.05) is 38.1 Å². The van der Waals surface area contributed by atoms with Crippen LogP contribution in [0, 0.1) is 5.92 Å². The maximum absolute atomic E-state index is 11.9. The fourth-order valence-electron chi connectivity index (χ4n) is 2.47. The van der Waals surface area contributed by atoms with E-state index in [4.69, 9.17) is 4.74 Å². The number of nitrogens with one attached hydrogen (secondary N) is 2. The van der Waals surface area contributed by atoms with Crippen molar-refractivity contribution in [1.29, 1.82) is 0 Å². The molecule has 0 radical (unpaired) electrons. The van der Waals surface area contributed by atoms with E-state index < -0.39 is 0 Å². The van der Waals surface area contributed by atoms with Crippen molar-refractivity contribution in [3.05, 3.63) is 29.8 Å². The van der Waals surface area contributed by atoms with Crippen molar-refractivity contribution < 1.29 is 9.53 Å². The van der Waals surface area contributed by atoms with Crippen LogP contribution in [0.3, 0.4) is 0 Å². The van der Waals surface area contributed by atoms with Gasteiger partial charge in [-0.15, -0.1) is 12.4 Å². The second kappa shape index (κ2) is 9.82. The number of benzene rings is 1. The molecule has 0 spiro atoms. The molecule has 5 heteroatoms. The number of hydrogen-bond donors (Lipinski definition) is 2. The second-order valence-electron chi connectivity index (χ2n) is 6.00. The molecule has 1 saturated heterocycles. The van der Waals surface area contributed by atoms with E-state index in [9.17, 15) is 4.79 Å². The molecule has 1 amide bonds. The lowest BCUT2D eigenvalue weighted by Crippen LogP contribution is -2.15. The van der Waals surface area contributed by atoms with Gasteiger partial charge in [-0.1, -0.05) is 12.1 Å². The van der Waals surface area contributed by atoms with Crippen molar-refractivity contribution in [2.45, 2.75) is 45.8 Å². The van der Waals surface area contributed by atoms with Crippen LogP contribution >= 0.6 is 12.4 Å². The Bertz CT molecular complexity index is 442. The monoisotopic (exact) mass is 326 g/mol. The highest BCUT2D eigenvalue weighted by Crippen LogP contribution is 2.16. The summed E-state index contributed by atoms with van der Waals surface area (Å²) in [5.41, 5.74) is 1.98. The maximum Gasteiger partial charge on any atom is 0.224 e. The molecule has 4 nitrogen and oxygen atoms in total. The van der Waals surface area contributed by atoms with E-state index in [1.165, 1.54) is 6.42 Å². The molecular weight excluding hydrogens is 300 g/mol. The number of anilines is 1. The topological polar surface area (TPSA) is 50.4 Å². The smallest absolute Gasteiger partial charge is 0.224 e. The average Bonchev–Trinajstić information content (AvgIpc) is 2.98. The number of amides is 1. The normalized spacial score (nSPS) is 17.3.